The van der Waals surface area contributed by atoms with Gasteiger partial charge >= 0.3 is 12.1 Å². The maximum absolute atomic E-state index is 11.7. The van der Waals surface area contributed by atoms with Gasteiger partial charge in [-0.05, 0) is 20.8 Å². The minimum atomic E-state index is -0.979. The molecule has 2 rings (SSSR count). The van der Waals surface area contributed by atoms with Gasteiger partial charge in [0.15, 0.2) is 0 Å². The molecule has 2 heterocycles. The first kappa shape index (κ1) is 12.9. The van der Waals surface area contributed by atoms with Crippen molar-refractivity contribution in [2.45, 2.75) is 44.6 Å². The molecule has 1 saturated heterocycles. The molecule has 0 spiro atoms. The van der Waals surface area contributed by atoms with E-state index in [2.05, 4.69) is 5.32 Å². The zero-order chi connectivity index (χ0) is 13.5. The SMILES string of the molecule is CC(C)(C)OC(=O)N[C@H]1[C@@H](C(=O)O)[C@@H]2C=C[C@@H]1O2. The van der Waals surface area contributed by atoms with E-state index >= 15 is 0 Å². The molecule has 0 saturated carbocycles. The van der Waals surface area contributed by atoms with Gasteiger partial charge in [0.2, 0.25) is 0 Å². The fourth-order valence-corrected chi connectivity index (χ4v) is 2.22. The Balaban J connectivity index is 2.02. The number of amides is 1. The molecule has 0 radical (unpaired) electrons. The molecule has 0 unspecified atom stereocenters. The van der Waals surface area contributed by atoms with E-state index in [0.29, 0.717) is 0 Å². The molecular formula is C12H17NO5. The normalized spacial score (nSPS) is 33.5. The van der Waals surface area contributed by atoms with Crippen LogP contribution in [0.1, 0.15) is 20.8 Å². The van der Waals surface area contributed by atoms with Crippen molar-refractivity contribution in [2.75, 3.05) is 0 Å². The largest absolute Gasteiger partial charge is 0.481 e. The van der Waals surface area contributed by atoms with Crippen LogP contribution in [0.4, 0.5) is 4.79 Å². The molecule has 1 amide bonds. The summed E-state index contributed by atoms with van der Waals surface area (Å²) in [6.45, 7) is 5.25. The lowest BCUT2D eigenvalue weighted by Crippen LogP contribution is -2.49. The molecule has 1 fully saturated rings. The van der Waals surface area contributed by atoms with Crippen LogP contribution in [-0.4, -0.2) is 41.0 Å². The number of fused-ring (bicyclic) bond motifs is 2. The number of hydrogen-bond acceptors (Lipinski definition) is 4. The van der Waals surface area contributed by atoms with Crippen LogP contribution in [0.3, 0.4) is 0 Å². The Morgan fingerprint density at radius 2 is 1.89 bits per heavy atom. The Hall–Kier alpha value is -1.56. The number of ether oxygens (including phenoxy) is 2. The lowest BCUT2D eigenvalue weighted by atomic mass is 9.89. The second-order valence-electron chi connectivity index (χ2n) is 5.49. The quantitative estimate of drug-likeness (QED) is 0.717. The molecule has 2 bridgehead atoms. The first-order valence-electron chi connectivity index (χ1n) is 5.84. The molecule has 6 nitrogen and oxygen atoms in total. The number of carboxylic acid groups (broad SMARTS) is 1. The summed E-state index contributed by atoms with van der Waals surface area (Å²) in [5.74, 6) is -1.74. The van der Waals surface area contributed by atoms with Crippen molar-refractivity contribution in [1.82, 2.24) is 5.32 Å². The third kappa shape index (κ3) is 2.48. The summed E-state index contributed by atoms with van der Waals surface area (Å²) in [4.78, 5) is 22.8. The van der Waals surface area contributed by atoms with Gasteiger partial charge in [0.25, 0.3) is 0 Å². The monoisotopic (exact) mass is 255 g/mol. The van der Waals surface area contributed by atoms with Crippen molar-refractivity contribution in [3.63, 3.8) is 0 Å². The number of carbonyl (C=O) groups is 2. The molecule has 100 valence electrons. The molecule has 0 aliphatic carbocycles. The van der Waals surface area contributed by atoms with Crippen molar-refractivity contribution in [1.29, 1.82) is 0 Å². The van der Waals surface area contributed by atoms with Crippen molar-refractivity contribution in [3.05, 3.63) is 12.2 Å². The van der Waals surface area contributed by atoms with Gasteiger partial charge in [0, 0.05) is 0 Å². The van der Waals surface area contributed by atoms with Crippen molar-refractivity contribution in [3.8, 4) is 0 Å². The highest BCUT2D eigenvalue weighted by Crippen LogP contribution is 2.34. The molecule has 0 aromatic heterocycles. The molecule has 0 aromatic rings. The first-order chi connectivity index (χ1) is 8.28. The molecule has 4 atom stereocenters. The van der Waals surface area contributed by atoms with Crippen LogP contribution in [0.2, 0.25) is 0 Å². The minimum absolute atomic E-state index is 0.386. The number of carbonyl (C=O) groups excluding carboxylic acids is 1. The van der Waals surface area contributed by atoms with E-state index in [1.54, 1.807) is 32.9 Å². The summed E-state index contributed by atoms with van der Waals surface area (Å²) < 4.78 is 10.5. The van der Waals surface area contributed by atoms with Gasteiger partial charge in [0.05, 0.1) is 18.2 Å². The van der Waals surface area contributed by atoms with Gasteiger partial charge in [-0.1, -0.05) is 12.2 Å². The summed E-state index contributed by atoms with van der Waals surface area (Å²) >= 11 is 0. The van der Waals surface area contributed by atoms with E-state index in [1.807, 2.05) is 0 Å². The fourth-order valence-electron chi connectivity index (χ4n) is 2.22. The van der Waals surface area contributed by atoms with Gasteiger partial charge in [-0.3, -0.25) is 4.79 Å². The number of alkyl carbamates (subject to hydrolysis) is 1. The summed E-state index contributed by atoms with van der Waals surface area (Å²) in [6, 6.07) is -0.577. The maximum atomic E-state index is 11.7. The molecular weight excluding hydrogens is 238 g/mol. The average molecular weight is 255 g/mol. The third-order valence-electron chi connectivity index (χ3n) is 2.87. The summed E-state index contributed by atoms with van der Waals surface area (Å²) in [6.07, 6.45) is 2.02. The summed E-state index contributed by atoms with van der Waals surface area (Å²) in [5.41, 5.74) is -0.614. The third-order valence-corrected chi connectivity index (χ3v) is 2.87. The average Bonchev–Trinajstić information content (AvgIpc) is 2.73. The maximum Gasteiger partial charge on any atom is 0.407 e. The number of rotatable bonds is 2. The van der Waals surface area contributed by atoms with E-state index < -0.39 is 35.7 Å². The Morgan fingerprint density at radius 3 is 2.44 bits per heavy atom. The van der Waals surface area contributed by atoms with Crippen molar-refractivity contribution >= 4 is 12.1 Å². The van der Waals surface area contributed by atoms with Crippen LogP contribution in [-0.2, 0) is 14.3 Å². The topological polar surface area (TPSA) is 84.9 Å². The predicted molar refractivity (Wildman–Crippen MR) is 62.1 cm³/mol. The van der Waals surface area contributed by atoms with Gasteiger partial charge in [0.1, 0.15) is 11.5 Å². The van der Waals surface area contributed by atoms with E-state index in [9.17, 15) is 9.59 Å². The zero-order valence-electron chi connectivity index (χ0n) is 10.5. The van der Waals surface area contributed by atoms with Crippen LogP contribution in [0.15, 0.2) is 12.2 Å². The van der Waals surface area contributed by atoms with Crippen LogP contribution in [0.5, 0.6) is 0 Å². The Kier molecular flexibility index (Phi) is 3.06. The van der Waals surface area contributed by atoms with Crippen molar-refractivity contribution in [2.24, 2.45) is 5.92 Å². The highest BCUT2D eigenvalue weighted by molar-refractivity contribution is 5.76. The second-order valence-corrected chi connectivity index (χ2v) is 5.49. The van der Waals surface area contributed by atoms with Gasteiger partial charge in [-0.25, -0.2) is 4.79 Å². The van der Waals surface area contributed by atoms with Crippen LogP contribution < -0.4 is 5.32 Å². The molecule has 6 heteroatoms. The van der Waals surface area contributed by atoms with E-state index in [1.165, 1.54) is 0 Å². The molecule has 2 aliphatic heterocycles. The Bertz CT molecular complexity index is 398. The van der Waals surface area contributed by atoms with E-state index in [4.69, 9.17) is 14.6 Å². The zero-order valence-corrected chi connectivity index (χ0v) is 10.5. The van der Waals surface area contributed by atoms with Gasteiger partial charge in [-0.15, -0.1) is 0 Å². The van der Waals surface area contributed by atoms with Crippen LogP contribution in [0.25, 0.3) is 0 Å². The number of aliphatic carboxylic acids is 1. The van der Waals surface area contributed by atoms with Crippen LogP contribution in [0, 0.1) is 5.92 Å². The smallest absolute Gasteiger partial charge is 0.407 e. The molecule has 0 aromatic carbocycles. The molecule has 2 N–H and O–H groups in total. The van der Waals surface area contributed by atoms with Gasteiger partial charge < -0.3 is 19.9 Å². The number of carboxylic acids is 1. The predicted octanol–water partition coefficient (Wildman–Crippen LogP) is 0.918. The van der Waals surface area contributed by atoms with E-state index in [0.717, 1.165) is 0 Å². The molecule has 18 heavy (non-hydrogen) atoms. The summed E-state index contributed by atoms with van der Waals surface area (Å²) in [7, 11) is 0. The minimum Gasteiger partial charge on any atom is -0.481 e. The fraction of sp³-hybridized carbons (Fsp3) is 0.667. The first-order valence-corrected chi connectivity index (χ1v) is 5.84. The van der Waals surface area contributed by atoms with Crippen LogP contribution >= 0.6 is 0 Å². The van der Waals surface area contributed by atoms with E-state index in [-0.39, 0.29) is 6.10 Å². The number of nitrogens with one attached hydrogen (secondary N) is 1. The highest BCUT2D eigenvalue weighted by atomic mass is 16.6. The Morgan fingerprint density at radius 1 is 1.28 bits per heavy atom. The summed E-state index contributed by atoms with van der Waals surface area (Å²) in [5, 5.41) is 11.7. The standard InChI is InChI=1S/C12H17NO5/c1-12(2,3)18-11(16)13-9-7-5-4-6(17-7)8(9)10(14)15/h4-9H,1-3H3,(H,13,16)(H,14,15)/t6-,7-,8-,9+/m0/s1. The van der Waals surface area contributed by atoms with Gasteiger partial charge in [-0.2, -0.15) is 0 Å². The van der Waals surface area contributed by atoms with Crippen molar-refractivity contribution < 1.29 is 24.2 Å². The second kappa shape index (κ2) is 4.28. The lowest BCUT2D eigenvalue weighted by Gasteiger charge is -2.25. The number of hydrogen-bond donors (Lipinski definition) is 2. The lowest BCUT2D eigenvalue weighted by molar-refractivity contribution is -0.143. The Labute approximate surface area is 105 Å². The highest BCUT2D eigenvalue weighted by Gasteiger charge is 2.50. The molecule has 2 aliphatic rings.